The molecular weight excluding hydrogens is 405 g/mol. The van der Waals surface area contributed by atoms with Crippen LogP contribution in [0.4, 0.5) is 20.6 Å². The Morgan fingerprint density at radius 2 is 2.06 bits per heavy atom. The van der Waals surface area contributed by atoms with Crippen LogP contribution < -0.4 is 10.4 Å². The Hall–Kier alpha value is -3.24. The zero-order valence-corrected chi connectivity index (χ0v) is 17.3. The number of carbonyl (C=O) groups excluding carboxylic acids is 2. The normalized spacial score (nSPS) is 14.2. The van der Waals surface area contributed by atoms with Crippen molar-refractivity contribution in [1.82, 2.24) is 14.8 Å². The summed E-state index contributed by atoms with van der Waals surface area (Å²) in [7, 11) is 1.35. The van der Waals surface area contributed by atoms with Crippen LogP contribution in [-0.2, 0) is 22.5 Å². The first kappa shape index (κ1) is 22.4. The smallest absolute Gasteiger partial charge is 0.409 e. The number of anilines is 2. The molecule has 1 aliphatic rings. The van der Waals surface area contributed by atoms with Crippen molar-refractivity contribution >= 4 is 23.9 Å². The summed E-state index contributed by atoms with van der Waals surface area (Å²) in [5.41, 5.74) is 4.62. The number of hydrogen-bond acceptors (Lipinski definition) is 7. The molecule has 1 aliphatic heterocycles. The van der Waals surface area contributed by atoms with Crippen molar-refractivity contribution in [1.29, 1.82) is 0 Å². The first-order valence-electron chi connectivity index (χ1n) is 9.95. The molecule has 10 heteroatoms. The van der Waals surface area contributed by atoms with Gasteiger partial charge in [-0.25, -0.2) is 14.2 Å². The molecule has 2 aromatic rings. The largest absolute Gasteiger partial charge is 0.453 e. The third kappa shape index (κ3) is 5.68. The van der Waals surface area contributed by atoms with Crippen LogP contribution in [0.15, 0.2) is 36.5 Å². The van der Waals surface area contributed by atoms with E-state index in [-0.39, 0.29) is 18.4 Å². The fourth-order valence-corrected chi connectivity index (χ4v) is 3.37. The van der Waals surface area contributed by atoms with Crippen molar-refractivity contribution < 1.29 is 23.8 Å². The summed E-state index contributed by atoms with van der Waals surface area (Å²) in [6, 6.07) is 8.32. The minimum Gasteiger partial charge on any atom is -0.453 e. The molecule has 1 aromatic carbocycles. The van der Waals surface area contributed by atoms with E-state index in [1.165, 1.54) is 19.4 Å². The average molecular weight is 431 g/mol. The molecule has 31 heavy (non-hydrogen) atoms. The Morgan fingerprint density at radius 1 is 1.29 bits per heavy atom. The molecule has 0 aliphatic carbocycles. The van der Waals surface area contributed by atoms with Gasteiger partial charge in [-0.1, -0.05) is 12.1 Å². The molecule has 0 atom stereocenters. The number of hydrogen-bond donors (Lipinski definition) is 2. The lowest BCUT2D eigenvalue weighted by Crippen LogP contribution is -2.48. The summed E-state index contributed by atoms with van der Waals surface area (Å²) < 4.78 is 19.9. The van der Waals surface area contributed by atoms with Gasteiger partial charge in [0.1, 0.15) is 5.69 Å². The molecule has 0 spiro atoms. The minimum atomic E-state index is -0.498. The third-order valence-electron chi connectivity index (χ3n) is 5.06. The van der Waals surface area contributed by atoms with Crippen molar-refractivity contribution in [2.75, 3.05) is 50.3 Å². The second kappa shape index (κ2) is 10.7. The van der Waals surface area contributed by atoms with Crippen LogP contribution in [0.1, 0.15) is 11.3 Å². The standard InChI is InChI=1S/C21H26FN5O4/c1-31-21(30)26-10-8-25(9-11-26)14-16-3-2-4-19(20(16)22)27(15-29)24-18-6-5-17(7-12-28)23-13-18/h2-6,13,15,24,28H,7-12,14H2,1H3. The van der Waals surface area contributed by atoms with Crippen LogP contribution in [0.3, 0.4) is 0 Å². The quantitative estimate of drug-likeness (QED) is 0.484. The van der Waals surface area contributed by atoms with E-state index in [0.29, 0.717) is 62.5 Å². The van der Waals surface area contributed by atoms with E-state index >= 15 is 4.39 Å². The Bertz CT molecular complexity index is 888. The third-order valence-corrected chi connectivity index (χ3v) is 5.06. The summed E-state index contributed by atoms with van der Waals surface area (Å²) in [4.78, 5) is 31.1. The molecule has 166 valence electrons. The molecule has 0 bridgehead atoms. The van der Waals surface area contributed by atoms with E-state index in [4.69, 9.17) is 9.84 Å². The van der Waals surface area contributed by atoms with Gasteiger partial charge in [-0.2, -0.15) is 0 Å². The monoisotopic (exact) mass is 431 g/mol. The molecule has 0 radical (unpaired) electrons. The van der Waals surface area contributed by atoms with Crippen molar-refractivity contribution in [2.45, 2.75) is 13.0 Å². The van der Waals surface area contributed by atoms with Crippen LogP contribution in [0.25, 0.3) is 0 Å². The van der Waals surface area contributed by atoms with Gasteiger partial charge in [0.05, 0.1) is 19.0 Å². The number of nitrogens with zero attached hydrogens (tertiary/aromatic N) is 4. The van der Waals surface area contributed by atoms with Gasteiger partial charge in [0.25, 0.3) is 0 Å². The molecule has 1 saturated heterocycles. The number of aliphatic hydroxyl groups is 1. The number of amides is 2. The number of ether oxygens (including phenoxy) is 1. The van der Waals surface area contributed by atoms with Crippen molar-refractivity contribution in [2.24, 2.45) is 0 Å². The van der Waals surface area contributed by atoms with Gasteiger partial charge in [-0.15, -0.1) is 0 Å². The highest BCUT2D eigenvalue weighted by Crippen LogP contribution is 2.24. The summed E-state index contributed by atoms with van der Waals surface area (Å²) in [5, 5.41) is 10.0. The topological polar surface area (TPSA) is 98.2 Å². The molecule has 3 rings (SSSR count). The van der Waals surface area contributed by atoms with E-state index in [1.807, 2.05) is 4.90 Å². The highest BCUT2D eigenvalue weighted by atomic mass is 19.1. The van der Waals surface area contributed by atoms with Crippen LogP contribution in [0, 0.1) is 5.82 Å². The highest BCUT2D eigenvalue weighted by Gasteiger charge is 2.23. The van der Waals surface area contributed by atoms with Crippen molar-refractivity contribution in [3.8, 4) is 0 Å². The predicted molar refractivity (Wildman–Crippen MR) is 113 cm³/mol. The maximum atomic E-state index is 15.2. The Morgan fingerprint density at radius 3 is 2.68 bits per heavy atom. The van der Waals surface area contributed by atoms with Gasteiger partial charge in [0.2, 0.25) is 6.41 Å². The molecule has 0 unspecified atom stereocenters. The maximum Gasteiger partial charge on any atom is 0.409 e. The number of methoxy groups -OCH3 is 1. The van der Waals surface area contributed by atoms with Gasteiger partial charge in [0, 0.05) is 57.0 Å². The summed E-state index contributed by atoms with van der Waals surface area (Å²) in [6.07, 6.45) is 2.09. The molecule has 1 aromatic heterocycles. The summed E-state index contributed by atoms with van der Waals surface area (Å²) in [5.74, 6) is -0.498. The van der Waals surface area contributed by atoms with E-state index in [2.05, 4.69) is 10.4 Å². The predicted octanol–water partition coefficient (Wildman–Crippen LogP) is 1.63. The first-order valence-corrected chi connectivity index (χ1v) is 9.95. The van der Waals surface area contributed by atoms with E-state index in [0.717, 1.165) is 5.01 Å². The zero-order valence-electron chi connectivity index (χ0n) is 17.3. The molecule has 2 amide bonds. The summed E-state index contributed by atoms with van der Waals surface area (Å²) >= 11 is 0. The molecule has 0 saturated carbocycles. The Labute approximate surface area is 180 Å². The number of pyridine rings is 1. The number of rotatable bonds is 8. The Balaban J connectivity index is 1.67. The van der Waals surface area contributed by atoms with Crippen LogP contribution >= 0.6 is 0 Å². The SMILES string of the molecule is COC(=O)N1CCN(Cc2cccc(N(C=O)Nc3ccc(CCO)nc3)c2F)CC1. The number of halogens is 1. The number of aliphatic hydroxyl groups excluding tert-OH is 1. The van der Waals surface area contributed by atoms with E-state index in [9.17, 15) is 9.59 Å². The average Bonchev–Trinajstić information content (AvgIpc) is 2.80. The lowest BCUT2D eigenvalue weighted by atomic mass is 10.1. The van der Waals surface area contributed by atoms with Crippen LogP contribution in [-0.4, -0.2) is 72.3 Å². The fraction of sp³-hybridized carbons (Fsp3) is 0.381. The number of benzene rings is 1. The number of carbonyl (C=O) groups is 2. The molecule has 9 nitrogen and oxygen atoms in total. The highest BCUT2D eigenvalue weighted by molar-refractivity contribution is 5.79. The summed E-state index contributed by atoms with van der Waals surface area (Å²) in [6.45, 7) is 2.57. The first-order chi connectivity index (χ1) is 15.0. The second-order valence-corrected chi connectivity index (χ2v) is 7.08. The minimum absolute atomic E-state index is 0.00399. The Kier molecular flexibility index (Phi) is 7.74. The molecule has 2 N–H and O–H groups in total. The number of hydrazine groups is 1. The van der Waals surface area contributed by atoms with E-state index in [1.54, 1.807) is 29.2 Å². The maximum absolute atomic E-state index is 15.2. The van der Waals surface area contributed by atoms with Crippen molar-refractivity contribution in [3.63, 3.8) is 0 Å². The van der Waals surface area contributed by atoms with Gasteiger partial charge >= 0.3 is 6.09 Å². The molecule has 1 fully saturated rings. The van der Waals surface area contributed by atoms with Crippen molar-refractivity contribution in [3.05, 3.63) is 53.6 Å². The van der Waals surface area contributed by atoms with Crippen LogP contribution in [0.5, 0.6) is 0 Å². The number of piperazine rings is 1. The van der Waals surface area contributed by atoms with Gasteiger partial charge in [0.15, 0.2) is 5.82 Å². The van der Waals surface area contributed by atoms with Crippen LogP contribution in [0.2, 0.25) is 0 Å². The molecule has 2 heterocycles. The second-order valence-electron chi connectivity index (χ2n) is 7.08. The molecular formula is C21H26FN5O4. The van der Waals surface area contributed by atoms with Gasteiger partial charge in [-0.3, -0.25) is 20.1 Å². The number of aromatic nitrogens is 1. The fourth-order valence-electron chi connectivity index (χ4n) is 3.37. The lowest BCUT2D eigenvalue weighted by molar-refractivity contribution is -0.107. The van der Waals surface area contributed by atoms with E-state index < -0.39 is 5.82 Å². The zero-order chi connectivity index (χ0) is 22.2. The van der Waals surface area contributed by atoms with Gasteiger partial charge in [-0.05, 0) is 18.2 Å². The van der Waals surface area contributed by atoms with Gasteiger partial charge < -0.3 is 14.7 Å². The lowest BCUT2D eigenvalue weighted by Gasteiger charge is -2.34. The number of nitrogens with one attached hydrogen (secondary N) is 1.